The van der Waals surface area contributed by atoms with Crippen LogP contribution in [0.25, 0.3) is 11.7 Å². The Kier molecular flexibility index (Phi) is 5.97. The third kappa shape index (κ3) is 5.01. The Hall–Kier alpha value is -3.00. The van der Waals surface area contributed by atoms with E-state index in [1.807, 2.05) is 18.7 Å². The molecule has 142 valence electrons. The Labute approximate surface area is 156 Å². The fourth-order valence-corrected chi connectivity index (χ4v) is 2.66. The topological polar surface area (TPSA) is 84.4 Å². The number of carbonyl (C=O) groups excluding carboxylic acids is 1. The zero-order valence-corrected chi connectivity index (χ0v) is 15.2. The van der Waals surface area contributed by atoms with Gasteiger partial charge in [-0.05, 0) is 49.7 Å². The molecule has 1 aromatic carbocycles. The summed E-state index contributed by atoms with van der Waals surface area (Å²) < 4.78 is 24.2. The number of benzene rings is 1. The smallest absolute Gasteiger partial charge is 0.283 e. The zero-order chi connectivity index (χ0) is 19.2. The first kappa shape index (κ1) is 18.8. The van der Waals surface area contributed by atoms with Gasteiger partial charge in [0.2, 0.25) is 11.8 Å². The number of aromatic nitrogens is 2. The van der Waals surface area contributed by atoms with Gasteiger partial charge in [-0.3, -0.25) is 9.69 Å². The summed E-state index contributed by atoms with van der Waals surface area (Å²) in [7, 11) is 0. The van der Waals surface area contributed by atoms with E-state index < -0.39 is 5.82 Å². The second-order valence-electron chi connectivity index (χ2n) is 6.20. The van der Waals surface area contributed by atoms with Crippen LogP contribution >= 0.6 is 0 Å². The summed E-state index contributed by atoms with van der Waals surface area (Å²) in [5, 5.41) is 10.7. The minimum atomic E-state index is -0.391. The Morgan fingerprint density at radius 1 is 1.30 bits per heavy atom. The predicted octanol–water partition coefficient (Wildman–Crippen LogP) is 3.63. The van der Waals surface area contributed by atoms with Crippen molar-refractivity contribution >= 4 is 11.6 Å². The Morgan fingerprint density at radius 2 is 2.15 bits per heavy atom. The summed E-state index contributed by atoms with van der Waals surface area (Å²) in [6.07, 6.45) is 2.38. The first-order valence-electron chi connectivity index (χ1n) is 8.69. The zero-order valence-electron chi connectivity index (χ0n) is 15.2. The molecule has 0 bridgehead atoms. The van der Waals surface area contributed by atoms with Crippen LogP contribution in [0.2, 0.25) is 0 Å². The van der Waals surface area contributed by atoms with E-state index in [1.54, 1.807) is 18.2 Å². The largest absolute Gasteiger partial charge is 0.459 e. The van der Waals surface area contributed by atoms with Crippen molar-refractivity contribution in [3.63, 3.8) is 0 Å². The van der Waals surface area contributed by atoms with E-state index in [4.69, 9.17) is 8.83 Å². The van der Waals surface area contributed by atoms with Gasteiger partial charge in [-0.15, -0.1) is 10.2 Å². The molecule has 8 heteroatoms. The van der Waals surface area contributed by atoms with Gasteiger partial charge < -0.3 is 14.2 Å². The van der Waals surface area contributed by atoms with Crippen LogP contribution in [0.4, 0.5) is 10.1 Å². The van der Waals surface area contributed by atoms with E-state index in [9.17, 15) is 9.18 Å². The Bertz CT molecular complexity index is 892. The average Bonchev–Trinajstić information content (AvgIpc) is 3.29. The maximum Gasteiger partial charge on any atom is 0.283 e. The number of hydrogen-bond acceptors (Lipinski definition) is 6. The molecule has 0 radical (unpaired) electrons. The molecule has 0 aliphatic heterocycles. The average molecular weight is 372 g/mol. The predicted molar refractivity (Wildman–Crippen MR) is 97.3 cm³/mol. The molecule has 0 spiro atoms. The number of halogens is 1. The minimum absolute atomic E-state index is 0.127. The standard InChI is InChI=1S/C19H21FN4O3/c1-3-8-24(11-17(25)21-15-10-14(20)7-6-13(15)2)12-18-22-23-19(27-18)16-5-4-9-26-16/h4-7,9-10H,3,8,11-12H2,1-2H3,(H,21,25). The highest BCUT2D eigenvalue weighted by Crippen LogP contribution is 2.19. The van der Waals surface area contributed by atoms with Gasteiger partial charge in [0, 0.05) is 5.69 Å². The van der Waals surface area contributed by atoms with Crippen molar-refractivity contribution in [2.75, 3.05) is 18.4 Å². The second-order valence-corrected chi connectivity index (χ2v) is 6.20. The van der Waals surface area contributed by atoms with Gasteiger partial charge in [0.15, 0.2) is 5.76 Å². The third-order valence-corrected chi connectivity index (χ3v) is 3.94. The summed E-state index contributed by atoms with van der Waals surface area (Å²) in [5.41, 5.74) is 1.26. The number of anilines is 1. The molecule has 2 aromatic heterocycles. The van der Waals surface area contributed by atoms with Gasteiger partial charge in [-0.2, -0.15) is 0 Å². The van der Waals surface area contributed by atoms with Crippen molar-refractivity contribution in [3.8, 4) is 11.7 Å². The van der Waals surface area contributed by atoms with Crippen LogP contribution in [-0.2, 0) is 11.3 Å². The normalized spacial score (nSPS) is 11.1. The van der Waals surface area contributed by atoms with Crippen molar-refractivity contribution in [1.82, 2.24) is 15.1 Å². The molecule has 2 heterocycles. The summed E-state index contributed by atoms with van der Waals surface area (Å²) in [5.74, 6) is 0.562. The number of amides is 1. The van der Waals surface area contributed by atoms with Crippen molar-refractivity contribution in [2.45, 2.75) is 26.8 Å². The van der Waals surface area contributed by atoms with E-state index in [1.165, 1.54) is 18.4 Å². The highest BCUT2D eigenvalue weighted by atomic mass is 19.1. The van der Waals surface area contributed by atoms with Gasteiger partial charge in [-0.25, -0.2) is 4.39 Å². The fraction of sp³-hybridized carbons (Fsp3) is 0.316. The van der Waals surface area contributed by atoms with Crippen LogP contribution in [0.15, 0.2) is 45.4 Å². The van der Waals surface area contributed by atoms with Gasteiger partial charge >= 0.3 is 0 Å². The number of carbonyl (C=O) groups is 1. The molecule has 0 fully saturated rings. The quantitative estimate of drug-likeness (QED) is 0.650. The molecular formula is C19H21FN4O3. The van der Waals surface area contributed by atoms with Crippen molar-refractivity contribution in [1.29, 1.82) is 0 Å². The molecule has 1 N–H and O–H groups in total. The molecule has 0 saturated carbocycles. The van der Waals surface area contributed by atoms with E-state index in [0.29, 0.717) is 36.3 Å². The molecule has 3 rings (SSSR count). The minimum Gasteiger partial charge on any atom is -0.459 e. The lowest BCUT2D eigenvalue weighted by Crippen LogP contribution is -2.33. The Balaban J connectivity index is 1.63. The summed E-state index contributed by atoms with van der Waals surface area (Å²) in [6, 6.07) is 7.77. The summed E-state index contributed by atoms with van der Waals surface area (Å²) in [4.78, 5) is 14.3. The van der Waals surface area contributed by atoms with Crippen LogP contribution in [0.5, 0.6) is 0 Å². The van der Waals surface area contributed by atoms with Gasteiger partial charge in [0.25, 0.3) is 5.89 Å². The third-order valence-electron chi connectivity index (χ3n) is 3.94. The fourth-order valence-electron chi connectivity index (χ4n) is 2.66. The molecule has 1 amide bonds. The van der Waals surface area contributed by atoms with Gasteiger partial charge in [-0.1, -0.05) is 13.0 Å². The molecule has 7 nitrogen and oxygen atoms in total. The molecule has 27 heavy (non-hydrogen) atoms. The molecule has 0 atom stereocenters. The number of nitrogens with zero attached hydrogens (tertiary/aromatic N) is 3. The maximum atomic E-state index is 13.4. The van der Waals surface area contributed by atoms with Crippen molar-refractivity contribution < 1.29 is 18.0 Å². The highest BCUT2D eigenvalue weighted by molar-refractivity contribution is 5.92. The van der Waals surface area contributed by atoms with E-state index in [-0.39, 0.29) is 12.5 Å². The van der Waals surface area contributed by atoms with Crippen LogP contribution < -0.4 is 5.32 Å². The van der Waals surface area contributed by atoms with Crippen LogP contribution in [-0.4, -0.2) is 34.1 Å². The maximum absolute atomic E-state index is 13.4. The van der Waals surface area contributed by atoms with Crippen LogP contribution in [0.3, 0.4) is 0 Å². The molecule has 0 saturated heterocycles. The molecule has 3 aromatic rings. The number of aryl methyl sites for hydroxylation is 1. The van der Waals surface area contributed by atoms with E-state index in [2.05, 4.69) is 15.5 Å². The van der Waals surface area contributed by atoms with Crippen molar-refractivity contribution in [2.24, 2.45) is 0 Å². The lowest BCUT2D eigenvalue weighted by molar-refractivity contribution is -0.117. The van der Waals surface area contributed by atoms with Crippen LogP contribution in [0.1, 0.15) is 24.8 Å². The first-order valence-corrected chi connectivity index (χ1v) is 8.69. The monoisotopic (exact) mass is 372 g/mol. The number of rotatable bonds is 8. The summed E-state index contributed by atoms with van der Waals surface area (Å²) in [6.45, 7) is 4.96. The SMILES string of the molecule is CCCN(CC(=O)Nc1cc(F)ccc1C)Cc1nnc(-c2ccco2)o1. The molecular weight excluding hydrogens is 351 g/mol. The Morgan fingerprint density at radius 3 is 2.89 bits per heavy atom. The van der Waals surface area contributed by atoms with Gasteiger partial charge in [0.05, 0.1) is 19.4 Å². The number of nitrogens with one attached hydrogen (secondary N) is 1. The van der Waals surface area contributed by atoms with Crippen molar-refractivity contribution in [3.05, 3.63) is 53.9 Å². The van der Waals surface area contributed by atoms with Crippen LogP contribution in [0, 0.1) is 12.7 Å². The number of hydrogen-bond donors (Lipinski definition) is 1. The van der Waals surface area contributed by atoms with E-state index >= 15 is 0 Å². The van der Waals surface area contributed by atoms with Gasteiger partial charge in [0.1, 0.15) is 5.82 Å². The molecule has 0 aliphatic carbocycles. The lowest BCUT2D eigenvalue weighted by Gasteiger charge is -2.19. The summed E-state index contributed by atoms with van der Waals surface area (Å²) >= 11 is 0. The highest BCUT2D eigenvalue weighted by Gasteiger charge is 2.17. The second kappa shape index (κ2) is 8.59. The number of furan rings is 1. The molecule has 0 aliphatic rings. The van der Waals surface area contributed by atoms with E-state index in [0.717, 1.165) is 12.0 Å². The first-order chi connectivity index (χ1) is 13.0. The molecule has 0 unspecified atom stereocenters. The lowest BCUT2D eigenvalue weighted by atomic mass is 10.2.